The first kappa shape index (κ1) is 12.3. The molecule has 0 radical (unpaired) electrons. The van der Waals surface area contributed by atoms with Gasteiger partial charge in [-0.25, -0.2) is 0 Å². The van der Waals surface area contributed by atoms with Gasteiger partial charge >= 0.3 is 0 Å². The Hall–Kier alpha value is -1.75. The molecule has 1 saturated heterocycles. The maximum Gasteiger partial charge on any atom is 0.228 e. The van der Waals surface area contributed by atoms with E-state index in [4.69, 9.17) is 9.47 Å². The molecule has 102 valence electrons. The summed E-state index contributed by atoms with van der Waals surface area (Å²) in [5.74, 6) is 1.60. The van der Waals surface area contributed by atoms with Gasteiger partial charge in [-0.3, -0.25) is 4.79 Å². The molecule has 5 heteroatoms. The highest BCUT2D eigenvalue weighted by Crippen LogP contribution is 2.35. The smallest absolute Gasteiger partial charge is 0.228 e. The van der Waals surface area contributed by atoms with E-state index in [2.05, 4.69) is 10.6 Å². The minimum absolute atomic E-state index is 0.0626. The lowest BCUT2D eigenvalue weighted by Crippen LogP contribution is -2.25. The van der Waals surface area contributed by atoms with Crippen molar-refractivity contribution in [2.75, 3.05) is 31.6 Å². The summed E-state index contributed by atoms with van der Waals surface area (Å²) in [4.78, 5) is 12.1. The van der Waals surface area contributed by atoms with Gasteiger partial charge in [0.15, 0.2) is 11.5 Å². The molecule has 1 unspecified atom stereocenters. The molecule has 2 aliphatic rings. The van der Waals surface area contributed by atoms with Crippen LogP contribution in [0.15, 0.2) is 12.1 Å². The number of hydrogen-bond acceptors (Lipinski definition) is 4. The van der Waals surface area contributed by atoms with E-state index in [1.807, 2.05) is 19.1 Å². The van der Waals surface area contributed by atoms with Crippen molar-refractivity contribution >= 4 is 11.6 Å². The minimum atomic E-state index is 0.0626. The summed E-state index contributed by atoms with van der Waals surface area (Å²) in [5.41, 5.74) is 1.80. The number of aryl methyl sites for hydroxylation is 1. The van der Waals surface area contributed by atoms with Gasteiger partial charge in [0.2, 0.25) is 5.91 Å². The first-order valence-electron chi connectivity index (χ1n) is 6.66. The average molecular weight is 262 g/mol. The summed E-state index contributed by atoms with van der Waals surface area (Å²) >= 11 is 0. The Labute approximate surface area is 112 Å². The SMILES string of the molecule is Cc1cc2c(cc1NC(=O)C1CCNC1)OCCO2. The summed E-state index contributed by atoms with van der Waals surface area (Å²) < 4.78 is 11.1. The van der Waals surface area contributed by atoms with Gasteiger partial charge in [0.25, 0.3) is 0 Å². The van der Waals surface area contributed by atoms with Gasteiger partial charge in [0, 0.05) is 18.3 Å². The number of carbonyl (C=O) groups is 1. The topological polar surface area (TPSA) is 59.6 Å². The number of hydrogen-bond donors (Lipinski definition) is 2. The van der Waals surface area contributed by atoms with Gasteiger partial charge in [-0.15, -0.1) is 0 Å². The first-order chi connectivity index (χ1) is 9.24. The Balaban J connectivity index is 1.78. The Morgan fingerprint density at radius 3 is 2.74 bits per heavy atom. The maximum atomic E-state index is 12.1. The number of ether oxygens (including phenoxy) is 2. The molecule has 2 aliphatic heterocycles. The van der Waals surface area contributed by atoms with Gasteiger partial charge in [-0.05, 0) is 31.5 Å². The molecule has 2 heterocycles. The van der Waals surface area contributed by atoms with Crippen LogP contribution in [0.4, 0.5) is 5.69 Å². The fraction of sp³-hybridized carbons (Fsp3) is 0.500. The third-order valence-electron chi connectivity index (χ3n) is 3.58. The molecule has 0 aliphatic carbocycles. The summed E-state index contributed by atoms with van der Waals surface area (Å²) in [6.45, 7) is 4.76. The average Bonchev–Trinajstić information content (AvgIpc) is 2.93. The zero-order chi connectivity index (χ0) is 13.2. The molecule has 0 saturated carbocycles. The van der Waals surface area contributed by atoms with E-state index < -0.39 is 0 Å². The third-order valence-corrected chi connectivity index (χ3v) is 3.58. The highest BCUT2D eigenvalue weighted by molar-refractivity contribution is 5.94. The molecule has 1 atom stereocenters. The van der Waals surface area contributed by atoms with Crippen LogP contribution >= 0.6 is 0 Å². The number of anilines is 1. The first-order valence-corrected chi connectivity index (χ1v) is 6.66. The van der Waals surface area contributed by atoms with E-state index in [0.717, 1.165) is 36.5 Å². The zero-order valence-corrected chi connectivity index (χ0v) is 11.0. The lowest BCUT2D eigenvalue weighted by Gasteiger charge is -2.21. The fourth-order valence-electron chi connectivity index (χ4n) is 2.44. The molecule has 0 bridgehead atoms. The van der Waals surface area contributed by atoms with Crippen molar-refractivity contribution in [3.63, 3.8) is 0 Å². The second-order valence-corrected chi connectivity index (χ2v) is 4.99. The van der Waals surface area contributed by atoms with Crippen LogP contribution in [0.25, 0.3) is 0 Å². The van der Waals surface area contributed by atoms with Crippen molar-refractivity contribution in [3.05, 3.63) is 17.7 Å². The van der Waals surface area contributed by atoms with Crippen LogP contribution in [0.3, 0.4) is 0 Å². The van der Waals surface area contributed by atoms with Crippen LogP contribution in [0.1, 0.15) is 12.0 Å². The molecule has 0 spiro atoms. The molecule has 1 aromatic carbocycles. The third kappa shape index (κ3) is 2.51. The Morgan fingerprint density at radius 1 is 1.32 bits per heavy atom. The summed E-state index contributed by atoms with van der Waals surface area (Å²) in [6.07, 6.45) is 0.898. The van der Waals surface area contributed by atoms with Crippen LogP contribution in [0, 0.1) is 12.8 Å². The molecule has 1 aromatic rings. The molecule has 1 fully saturated rings. The van der Waals surface area contributed by atoms with Crippen molar-refractivity contribution in [2.24, 2.45) is 5.92 Å². The second kappa shape index (κ2) is 5.09. The van der Waals surface area contributed by atoms with Crippen molar-refractivity contribution in [1.82, 2.24) is 5.32 Å². The number of amides is 1. The molecular formula is C14H18N2O3. The lowest BCUT2D eigenvalue weighted by atomic mass is 10.1. The van der Waals surface area contributed by atoms with Crippen LogP contribution in [-0.4, -0.2) is 32.2 Å². The standard InChI is InChI=1S/C14H18N2O3/c1-9-6-12-13(19-5-4-18-12)7-11(9)16-14(17)10-2-3-15-8-10/h6-7,10,15H,2-5,8H2,1H3,(H,16,17). The molecule has 3 rings (SSSR count). The molecule has 19 heavy (non-hydrogen) atoms. The van der Waals surface area contributed by atoms with Gasteiger partial charge in [0.05, 0.1) is 5.92 Å². The van der Waals surface area contributed by atoms with Gasteiger partial charge in [0.1, 0.15) is 13.2 Å². The molecule has 1 amide bonds. The van der Waals surface area contributed by atoms with Crippen LogP contribution in [0.2, 0.25) is 0 Å². The second-order valence-electron chi connectivity index (χ2n) is 4.99. The number of benzene rings is 1. The van der Waals surface area contributed by atoms with Gasteiger partial charge < -0.3 is 20.1 Å². The Bertz CT molecular complexity index is 496. The quantitative estimate of drug-likeness (QED) is 0.844. The lowest BCUT2D eigenvalue weighted by molar-refractivity contribution is -0.119. The summed E-state index contributed by atoms with van der Waals surface area (Å²) in [5, 5.41) is 6.19. The van der Waals surface area contributed by atoms with Crippen molar-refractivity contribution in [3.8, 4) is 11.5 Å². The Morgan fingerprint density at radius 2 is 2.05 bits per heavy atom. The number of carbonyl (C=O) groups excluding carboxylic acids is 1. The normalized spacial score (nSPS) is 21.2. The van der Waals surface area contributed by atoms with E-state index in [-0.39, 0.29) is 11.8 Å². The zero-order valence-electron chi connectivity index (χ0n) is 11.0. The van der Waals surface area contributed by atoms with Crippen molar-refractivity contribution in [1.29, 1.82) is 0 Å². The predicted molar refractivity (Wildman–Crippen MR) is 71.8 cm³/mol. The molecule has 2 N–H and O–H groups in total. The highest BCUT2D eigenvalue weighted by Gasteiger charge is 2.23. The van der Waals surface area contributed by atoms with Crippen molar-refractivity contribution < 1.29 is 14.3 Å². The molecule has 5 nitrogen and oxygen atoms in total. The monoisotopic (exact) mass is 262 g/mol. The van der Waals surface area contributed by atoms with E-state index in [0.29, 0.717) is 19.0 Å². The van der Waals surface area contributed by atoms with Gasteiger partial charge in [-0.2, -0.15) is 0 Å². The van der Waals surface area contributed by atoms with E-state index in [1.165, 1.54) is 0 Å². The number of rotatable bonds is 2. The number of nitrogens with one attached hydrogen (secondary N) is 2. The predicted octanol–water partition coefficient (Wildman–Crippen LogP) is 1.31. The van der Waals surface area contributed by atoms with Crippen LogP contribution < -0.4 is 20.1 Å². The number of fused-ring (bicyclic) bond motifs is 1. The highest BCUT2D eigenvalue weighted by atomic mass is 16.6. The van der Waals surface area contributed by atoms with E-state index in [9.17, 15) is 4.79 Å². The summed E-state index contributed by atoms with van der Waals surface area (Å²) in [7, 11) is 0. The molecular weight excluding hydrogens is 244 g/mol. The van der Waals surface area contributed by atoms with Crippen molar-refractivity contribution in [2.45, 2.75) is 13.3 Å². The fourth-order valence-corrected chi connectivity index (χ4v) is 2.44. The summed E-state index contributed by atoms with van der Waals surface area (Å²) in [6, 6.07) is 3.76. The largest absolute Gasteiger partial charge is 0.486 e. The van der Waals surface area contributed by atoms with E-state index in [1.54, 1.807) is 0 Å². The van der Waals surface area contributed by atoms with Gasteiger partial charge in [-0.1, -0.05) is 0 Å². The Kier molecular flexibility index (Phi) is 3.29. The molecule has 0 aromatic heterocycles. The van der Waals surface area contributed by atoms with E-state index >= 15 is 0 Å². The van der Waals surface area contributed by atoms with Crippen LogP contribution in [0.5, 0.6) is 11.5 Å². The van der Waals surface area contributed by atoms with Crippen LogP contribution in [-0.2, 0) is 4.79 Å². The minimum Gasteiger partial charge on any atom is -0.486 e. The maximum absolute atomic E-state index is 12.1.